The van der Waals surface area contributed by atoms with Gasteiger partial charge in [-0.15, -0.1) is 0 Å². The van der Waals surface area contributed by atoms with Crippen LogP contribution in [0.2, 0.25) is 0 Å². The van der Waals surface area contributed by atoms with Crippen LogP contribution in [-0.2, 0) is 5.60 Å². The molecule has 12 heavy (non-hydrogen) atoms. The molecule has 0 aliphatic carbocycles. The highest BCUT2D eigenvalue weighted by Crippen LogP contribution is 2.28. The molecule has 1 aromatic rings. The van der Waals surface area contributed by atoms with E-state index in [0.717, 1.165) is 6.92 Å². The minimum absolute atomic E-state index is 0.102. The fraction of sp³-hybridized carbons (Fsp3) is 0.500. The van der Waals surface area contributed by atoms with Crippen LogP contribution in [0.5, 0.6) is 0 Å². The topological polar surface area (TPSA) is 33.4 Å². The van der Waals surface area contributed by atoms with Gasteiger partial charge in [-0.1, -0.05) is 0 Å². The van der Waals surface area contributed by atoms with Gasteiger partial charge in [0, 0.05) is 0 Å². The second-order valence-electron chi connectivity index (χ2n) is 2.86. The van der Waals surface area contributed by atoms with Crippen LogP contribution in [0.25, 0.3) is 0 Å². The van der Waals surface area contributed by atoms with Crippen LogP contribution >= 0.6 is 0 Å². The monoisotopic (exact) mass is 176 g/mol. The number of hydrogen-bond donors (Lipinski definition) is 1. The van der Waals surface area contributed by atoms with Crippen molar-refractivity contribution in [3.8, 4) is 0 Å². The molecule has 0 amide bonds. The van der Waals surface area contributed by atoms with Crippen molar-refractivity contribution < 1.29 is 18.3 Å². The van der Waals surface area contributed by atoms with E-state index >= 15 is 0 Å². The standard InChI is InChI=1S/C8H10F2O2/c1-5-3-4-6(12-5)8(2,11)7(9)10/h3-4,7,11H,1-2H3. The summed E-state index contributed by atoms with van der Waals surface area (Å²) < 4.78 is 29.3. The first kappa shape index (κ1) is 9.19. The van der Waals surface area contributed by atoms with Gasteiger partial charge in [0.15, 0.2) is 5.60 Å². The lowest BCUT2D eigenvalue weighted by molar-refractivity contribution is -0.101. The van der Waals surface area contributed by atoms with Crippen molar-refractivity contribution in [2.45, 2.75) is 25.9 Å². The van der Waals surface area contributed by atoms with Crippen LogP contribution in [-0.4, -0.2) is 11.5 Å². The van der Waals surface area contributed by atoms with Gasteiger partial charge in [0.25, 0.3) is 6.43 Å². The average Bonchev–Trinajstić information content (AvgIpc) is 2.35. The molecule has 0 saturated carbocycles. The molecule has 1 rings (SSSR count). The van der Waals surface area contributed by atoms with Crippen LogP contribution < -0.4 is 0 Å². The van der Waals surface area contributed by atoms with Gasteiger partial charge < -0.3 is 9.52 Å². The Balaban J connectivity index is 2.97. The number of rotatable bonds is 2. The zero-order chi connectivity index (χ0) is 9.35. The zero-order valence-electron chi connectivity index (χ0n) is 6.84. The van der Waals surface area contributed by atoms with Crippen molar-refractivity contribution in [2.75, 3.05) is 0 Å². The number of furan rings is 1. The molecule has 1 aromatic heterocycles. The molecule has 1 heterocycles. The van der Waals surface area contributed by atoms with E-state index in [2.05, 4.69) is 0 Å². The molecule has 1 atom stereocenters. The Bertz CT molecular complexity index is 266. The van der Waals surface area contributed by atoms with E-state index in [1.165, 1.54) is 12.1 Å². The first-order chi connectivity index (χ1) is 5.44. The van der Waals surface area contributed by atoms with Crippen molar-refractivity contribution in [3.63, 3.8) is 0 Å². The van der Waals surface area contributed by atoms with Crippen LogP contribution in [0.4, 0.5) is 8.78 Å². The van der Waals surface area contributed by atoms with Gasteiger partial charge in [0.05, 0.1) is 0 Å². The Morgan fingerprint density at radius 3 is 2.42 bits per heavy atom. The molecule has 0 fully saturated rings. The molecule has 0 radical (unpaired) electrons. The van der Waals surface area contributed by atoms with Crippen molar-refractivity contribution in [1.29, 1.82) is 0 Å². The van der Waals surface area contributed by atoms with E-state index in [1.54, 1.807) is 6.92 Å². The smallest absolute Gasteiger partial charge is 0.273 e. The molecule has 1 N–H and O–H groups in total. The fourth-order valence-corrected chi connectivity index (χ4v) is 0.814. The lowest BCUT2D eigenvalue weighted by Crippen LogP contribution is -2.29. The van der Waals surface area contributed by atoms with E-state index < -0.39 is 12.0 Å². The maximum atomic E-state index is 12.2. The molecular weight excluding hydrogens is 166 g/mol. The molecule has 0 spiro atoms. The average molecular weight is 176 g/mol. The van der Waals surface area contributed by atoms with E-state index in [4.69, 9.17) is 4.42 Å². The predicted molar refractivity (Wildman–Crippen MR) is 39.0 cm³/mol. The Labute approximate surface area is 68.8 Å². The number of hydrogen-bond acceptors (Lipinski definition) is 2. The van der Waals surface area contributed by atoms with Gasteiger partial charge in [0.2, 0.25) is 0 Å². The molecule has 1 unspecified atom stereocenters. The zero-order valence-corrected chi connectivity index (χ0v) is 6.84. The minimum Gasteiger partial charge on any atom is -0.463 e. The second kappa shape index (κ2) is 2.86. The van der Waals surface area contributed by atoms with Crippen LogP contribution in [0.15, 0.2) is 16.5 Å². The highest BCUT2D eigenvalue weighted by molar-refractivity contribution is 5.12. The van der Waals surface area contributed by atoms with Crippen molar-refractivity contribution in [1.82, 2.24) is 0 Å². The largest absolute Gasteiger partial charge is 0.463 e. The Kier molecular flexibility index (Phi) is 2.19. The predicted octanol–water partition coefficient (Wildman–Crippen LogP) is 2.06. The lowest BCUT2D eigenvalue weighted by Gasteiger charge is -2.18. The Morgan fingerprint density at radius 2 is 2.08 bits per heavy atom. The maximum absolute atomic E-state index is 12.2. The third kappa shape index (κ3) is 1.48. The van der Waals surface area contributed by atoms with Crippen molar-refractivity contribution in [3.05, 3.63) is 23.7 Å². The SMILES string of the molecule is Cc1ccc(C(C)(O)C(F)F)o1. The van der Waals surface area contributed by atoms with Crippen LogP contribution in [0, 0.1) is 6.92 Å². The summed E-state index contributed by atoms with van der Waals surface area (Å²) in [5, 5.41) is 9.23. The molecular formula is C8H10F2O2. The summed E-state index contributed by atoms with van der Waals surface area (Å²) >= 11 is 0. The molecule has 0 aliphatic rings. The minimum atomic E-state index is -2.84. The summed E-state index contributed by atoms with van der Waals surface area (Å²) in [6.45, 7) is 2.65. The Hall–Kier alpha value is -0.900. The van der Waals surface area contributed by atoms with Crippen LogP contribution in [0.3, 0.4) is 0 Å². The quantitative estimate of drug-likeness (QED) is 0.748. The third-order valence-electron chi connectivity index (χ3n) is 1.66. The van der Waals surface area contributed by atoms with Crippen molar-refractivity contribution in [2.24, 2.45) is 0 Å². The van der Waals surface area contributed by atoms with Gasteiger partial charge >= 0.3 is 0 Å². The first-order valence-corrected chi connectivity index (χ1v) is 3.52. The number of alkyl halides is 2. The molecule has 4 heteroatoms. The second-order valence-corrected chi connectivity index (χ2v) is 2.86. The highest BCUT2D eigenvalue weighted by Gasteiger charge is 2.37. The molecule has 0 saturated heterocycles. The van der Waals surface area contributed by atoms with Crippen molar-refractivity contribution >= 4 is 0 Å². The highest BCUT2D eigenvalue weighted by atomic mass is 19.3. The normalized spacial score (nSPS) is 16.5. The number of halogens is 2. The fourth-order valence-electron chi connectivity index (χ4n) is 0.814. The van der Waals surface area contributed by atoms with E-state index in [0.29, 0.717) is 5.76 Å². The first-order valence-electron chi connectivity index (χ1n) is 3.52. The van der Waals surface area contributed by atoms with Gasteiger partial charge in [0.1, 0.15) is 11.5 Å². The molecule has 68 valence electrons. The summed E-state index contributed by atoms with van der Waals surface area (Å²) in [6, 6.07) is 2.88. The summed E-state index contributed by atoms with van der Waals surface area (Å²) in [4.78, 5) is 0. The molecule has 2 nitrogen and oxygen atoms in total. The van der Waals surface area contributed by atoms with Gasteiger partial charge in [-0.05, 0) is 26.0 Å². The summed E-state index contributed by atoms with van der Waals surface area (Å²) in [5.41, 5.74) is -2.19. The molecule has 0 aromatic carbocycles. The summed E-state index contributed by atoms with van der Waals surface area (Å²) in [6.07, 6.45) is -2.84. The van der Waals surface area contributed by atoms with Gasteiger partial charge in [-0.25, -0.2) is 8.78 Å². The molecule has 0 bridgehead atoms. The van der Waals surface area contributed by atoms with Crippen LogP contribution in [0.1, 0.15) is 18.4 Å². The molecule has 0 aliphatic heterocycles. The Morgan fingerprint density at radius 1 is 1.50 bits per heavy atom. The van der Waals surface area contributed by atoms with Gasteiger partial charge in [-0.3, -0.25) is 0 Å². The van der Waals surface area contributed by atoms with E-state index in [9.17, 15) is 13.9 Å². The third-order valence-corrected chi connectivity index (χ3v) is 1.66. The van der Waals surface area contributed by atoms with Gasteiger partial charge in [-0.2, -0.15) is 0 Å². The number of aryl methyl sites for hydroxylation is 1. The number of aliphatic hydroxyl groups is 1. The maximum Gasteiger partial charge on any atom is 0.273 e. The summed E-state index contributed by atoms with van der Waals surface area (Å²) in [5.74, 6) is 0.404. The van der Waals surface area contributed by atoms with E-state index in [1.807, 2.05) is 0 Å². The van der Waals surface area contributed by atoms with E-state index in [-0.39, 0.29) is 5.76 Å². The lowest BCUT2D eigenvalue weighted by atomic mass is 10.1. The summed E-state index contributed by atoms with van der Waals surface area (Å²) in [7, 11) is 0.